The Hall–Kier alpha value is -2.49. The Morgan fingerprint density at radius 2 is 1.95 bits per heavy atom. The van der Waals surface area contributed by atoms with E-state index in [1.54, 1.807) is 24.3 Å². The van der Waals surface area contributed by atoms with Gasteiger partial charge in [0.1, 0.15) is 11.4 Å². The molecule has 0 amide bonds. The zero-order valence-electron chi connectivity index (χ0n) is 10.2. The molecule has 0 aromatic heterocycles. The zero-order chi connectivity index (χ0) is 13.6. The topological polar surface area (TPSA) is 43.1 Å². The highest BCUT2D eigenvalue weighted by Crippen LogP contribution is 2.28. The Labute approximate surface area is 109 Å². The van der Waals surface area contributed by atoms with Crippen LogP contribution in [0.3, 0.4) is 0 Å². The van der Waals surface area contributed by atoms with Crippen LogP contribution >= 0.6 is 0 Å². The molecule has 1 heterocycles. The standard InChI is InChI=1S/C15H10FNO2/c1-9-5-6-13-12(7-9)15(18)14(17(13)19)10-3-2-4-11(16)8-10/h2-8H,1H3. The molecule has 2 aromatic rings. The smallest absolute Gasteiger partial charge is 0.273 e. The van der Waals surface area contributed by atoms with Gasteiger partial charge < -0.3 is 5.21 Å². The number of hydrogen-bond donors (Lipinski definition) is 0. The van der Waals surface area contributed by atoms with Gasteiger partial charge in [-0.15, -0.1) is 0 Å². The lowest BCUT2D eigenvalue weighted by Gasteiger charge is -2.02. The maximum Gasteiger partial charge on any atom is 0.273 e. The van der Waals surface area contributed by atoms with E-state index >= 15 is 0 Å². The summed E-state index contributed by atoms with van der Waals surface area (Å²) in [6.07, 6.45) is 0. The molecule has 0 saturated carbocycles. The molecule has 1 aliphatic rings. The minimum atomic E-state index is -0.474. The predicted octanol–water partition coefficient (Wildman–Crippen LogP) is 2.96. The molecule has 1 aliphatic heterocycles. The van der Waals surface area contributed by atoms with Gasteiger partial charge in [-0.3, -0.25) is 4.79 Å². The summed E-state index contributed by atoms with van der Waals surface area (Å²) < 4.78 is 13.8. The number of aryl methyl sites for hydroxylation is 1. The lowest BCUT2D eigenvalue weighted by molar-refractivity contribution is -0.355. The highest BCUT2D eigenvalue weighted by molar-refractivity contribution is 6.52. The molecule has 3 nitrogen and oxygen atoms in total. The Balaban J connectivity index is 2.20. The van der Waals surface area contributed by atoms with Gasteiger partial charge in [0.2, 0.25) is 5.69 Å². The summed E-state index contributed by atoms with van der Waals surface area (Å²) in [4.78, 5) is 12.3. The minimum absolute atomic E-state index is 0.0277. The van der Waals surface area contributed by atoms with Crippen LogP contribution in [-0.4, -0.2) is 16.2 Å². The van der Waals surface area contributed by atoms with Gasteiger partial charge in [0, 0.05) is 6.07 Å². The Bertz CT molecular complexity index is 735. The molecule has 2 aromatic carbocycles. The number of carbonyl (C=O) groups is 1. The summed E-state index contributed by atoms with van der Waals surface area (Å²) in [5, 5.41) is 12.2. The van der Waals surface area contributed by atoms with Crippen LogP contribution < -0.4 is 0 Å². The molecule has 4 heteroatoms. The molecule has 0 radical (unpaired) electrons. The van der Waals surface area contributed by atoms with Gasteiger partial charge >= 0.3 is 0 Å². The lowest BCUT2D eigenvalue weighted by Crippen LogP contribution is -2.16. The summed E-state index contributed by atoms with van der Waals surface area (Å²) >= 11 is 0. The molecule has 0 unspecified atom stereocenters. The number of hydrogen-bond acceptors (Lipinski definition) is 2. The summed E-state index contributed by atoms with van der Waals surface area (Å²) in [5.74, 6) is -0.836. The molecule has 0 bridgehead atoms. The van der Waals surface area contributed by atoms with Crippen molar-refractivity contribution in [2.45, 2.75) is 6.92 Å². The van der Waals surface area contributed by atoms with E-state index < -0.39 is 5.82 Å². The van der Waals surface area contributed by atoms with Crippen molar-refractivity contribution in [1.82, 2.24) is 0 Å². The monoisotopic (exact) mass is 255 g/mol. The lowest BCUT2D eigenvalue weighted by atomic mass is 10.0. The van der Waals surface area contributed by atoms with Crippen molar-refractivity contribution in [3.8, 4) is 0 Å². The number of nitrogens with zero attached hydrogens (tertiary/aromatic N) is 1. The summed E-state index contributed by atoms with van der Waals surface area (Å²) in [5.41, 5.74) is 1.86. The van der Waals surface area contributed by atoms with Crippen LogP contribution in [-0.2, 0) is 0 Å². The van der Waals surface area contributed by atoms with E-state index in [0.29, 0.717) is 21.6 Å². The molecule has 0 N–H and O–H groups in total. The van der Waals surface area contributed by atoms with Gasteiger partial charge in [0.05, 0.1) is 5.56 Å². The Morgan fingerprint density at radius 3 is 2.68 bits per heavy atom. The second kappa shape index (κ2) is 4.02. The predicted molar refractivity (Wildman–Crippen MR) is 69.3 cm³/mol. The largest absolute Gasteiger partial charge is 0.618 e. The summed E-state index contributed by atoms with van der Waals surface area (Å²) in [6, 6.07) is 10.6. The highest BCUT2D eigenvalue weighted by Gasteiger charge is 2.36. The maximum atomic E-state index is 13.2. The first-order chi connectivity index (χ1) is 9.08. The molecule has 0 fully saturated rings. The van der Waals surface area contributed by atoms with Gasteiger partial charge in [0.25, 0.3) is 11.5 Å². The SMILES string of the molecule is Cc1ccc2c(c1)C(=O)C(c1cccc(F)c1)=[N+]2[O-]. The molecule has 0 aliphatic carbocycles. The van der Waals surface area contributed by atoms with Crippen LogP contribution in [0, 0.1) is 17.9 Å². The second-order valence-corrected chi connectivity index (χ2v) is 4.50. The fraction of sp³-hybridized carbons (Fsp3) is 0.0667. The van der Waals surface area contributed by atoms with E-state index in [9.17, 15) is 14.4 Å². The van der Waals surface area contributed by atoms with Crippen molar-refractivity contribution < 1.29 is 13.9 Å². The van der Waals surface area contributed by atoms with Crippen LogP contribution in [0.5, 0.6) is 0 Å². The molecular weight excluding hydrogens is 245 g/mol. The normalized spacial score (nSPS) is 13.9. The van der Waals surface area contributed by atoms with Crippen LogP contribution in [0.25, 0.3) is 0 Å². The van der Waals surface area contributed by atoms with Crippen LogP contribution in [0.4, 0.5) is 10.1 Å². The maximum absolute atomic E-state index is 13.2. The number of rotatable bonds is 1. The van der Waals surface area contributed by atoms with Crippen molar-refractivity contribution >= 4 is 17.2 Å². The van der Waals surface area contributed by atoms with Crippen LogP contribution in [0.2, 0.25) is 0 Å². The molecule has 0 saturated heterocycles. The number of halogens is 1. The van der Waals surface area contributed by atoms with Gasteiger partial charge in [-0.2, -0.15) is 4.74 Å². The number of ketones is 1. The number of fused-ring (bicyclic) bond motifs is 1. The van der Waals surface area contributed by atoms with Crippen molar-refractivity contribution in [1.29, 1.82) is 0 Å². The molecule has 19 heavy (non-hydrogen) atoms. The fourth-order valence-electron chi connectivity index (χ4n) is 2.23. The van der Waals surface area contributed by atoms with E-state index in [1.165, 1.54) is 18.2 Å². The molecule has 0 atom stereocenters. The van der Waals surface area contributed by atoms with Crippen LogP contribution in [0.15, 0.2) is 42.5 Å². The van der Waals surface area contributed by atoms with Crippen molar-refractivity contribution in [2.24, 2.45) is 0 Å². The first kappa shape index (κ1) is 11.6. The second-order valence-electron chi connectivity index (χ2n) is 4.50. The Morgan fingerprint density at radius 1 is 1.16 bits per heavy atom. The summed E-state index contributed by atoms with van der Waals surface area (Å²) in [6.45, 7) is 1.85. The van der Waals surface area contributed by atoms with E-state index in [0.717, 1.165) is 5.56 Å². The zero-order valence-corrected chi connectivity index (χ0v) is 10.2. The number of benzene rings is 2. The molecule has 3 rings (SSSR count). The fourth-order valence-corrected chi connectivity index (χ4v) is 2.23. The van der Waals surface area contributed by atoms with Gasteiger partial charge in [-0.25, -0.2) is 4.39 Å². The van der Waals surface area contributed by atoms with Crippen molar-refractivity contribution in [3.63, 3.8) is 0 Å². The van der Waals surface area contributed by atoms with Crippen molar-refractivity contribution in [2.75, 3.05) is 0 Å². The third kappa shape index (κ3) is 1.73. The average molecular weight is 255 g/mol. The summed E-state index contributed by atoms with van der Waals surface area (Å²) in [7, 11) is 0. The number of Topliss-reactive ketones (excluding diaryl/α,β-unsaturated/α-hetero) is 1. The first-order valence-electron chi connectivity index (χ1n) is 5.83. The van der Waals surface area contributed by atoms with Crippen molar-refractivity contribution in [3.05, 3.63) is 70.2 Å². The third-order valence-corrected chi connectivity index (χ3v) is 3.13. The van der Waals surface area contributed by atoms with Gasteiger partial charge in [-0.05, 0) is 36.8 Å². The van der Waals surface area contributed by atoms with E-state index in [4.69, 9.17) is 0 Å². The average Bonchev–Trinajstić information content (AvgIpc) is 2.61. The van der Waals surface area contributed by atoms with E-state index in [1.807, 2.05) is 6.92 Å². The Kier molecular flexibility index (Phi) is 2.45. The van der Waals surface area contributed by atoms with Crippen LogP contribution in [0.1, 0.15) is 21.5 Å². The quantitative estimate of drug-likeness (QED) is 0.580. The molecule has 94 valence electrons. The minimum Gasteiger partial charge on any atom is -0.618 e. The molecule has 0 spiro atoms. The van der Waals surface area contributed by atoms with E-state index in [-0.39, 0.29) is 11.5 Å². The highest BCUT2D eigenvalue weighted by atomic mass is 19.1. The van der Waals surface area contributed by atoms with Gasteiger partial charge in [0.15, 0.2) is 0 Å². The molecular formula is C15H10FNO2. The first-order valence-corrected chi connectivity index (χ1v) is 5.83. The third-order valence-electron chi connectivity index (χ3n) is 3.13. The van der Waals surface area contributed by atoms with Gasteiger partial charge in [-0.1, -0.05) is 12.1 Å². The number of carbonyl (C=O) groups excluding carboxylic acids is 1. The van der Waals surface area contributed by atoms with E-state index in [2.05, 4.69) is 0 Å².